The topological polar surface area (TPSA) is 40.5 Å². The highest BCUT2D eigenvalue weighted by Crippen LogP contribution is 2.22. The van der Waals surface area contributed by atoms with Crippen LogP contribution in [0.4, 0.5) is 0 Å². The number of hydrogen-bond donors (Lipinski definition) is 1. The largest absolute Gasteiger partial charge is 0.356 e. The molecule has 0 aliphatic rings. The van der Waals surface area contributed by atoms with Gasteiger partial charge in [-0.2, -0.15) is 0 Å². The van der Waals surface area contributed by atoms with Crippen molar-refractivity contribution in [3.63, 3.8) is 0 Å². The third kappa shape index (κ3) is 6.21. The van der Waals surface area contributed by atoms with Crippen LogP contribution in [-0.4, -0.2) is 36.5 Å². The zero-order chi connectivity index (χ0) is 15.1. The van der Waals surface area contributed by atoms with Crippen LogP contribution >= 0.6 is 51.2 Å². The molecule has 0 saturated heterocycles. The molecule has 2 heterocycles. The van der Waals surface area contributed by atoms with Gasteiger partial charge in [0.15, 0.2) is 5.96 Å². The Bertz CT molecular complexity index is 588. The van der Waals surface area contributed by atoms with Crippen molar-refractivity contribution < 1.29 is 0 Å². The lowest BCUT2D eigenvalue weighted by Gasteiger charge is -2.21. The molecule has 22 heavy (non-hydrogen) atoms. The number of thiophene rings is 1. The van der Waals surface area contributed by atoms with Crippen LogP contribution in [0.15, 0.2) is 45.4 Å². The number of aliphatic imine (C=N–C) groups is 1. The van der Waals surface area contributed by atoms with Gasteiger partial charge >= 0.3 is 0 Å². The van der Waals surface area contributed by atoms with Crippen molar-refractivity contribution in [1.29, 1.82) is 0 Å². The predicted molar refractivity (Wildman–Crippen MR) is 108 cm³/mol. The highest BCUT2D eigenvalue weighted by Gasteiger charge is 2.07. The van der Waals surface area contributed by atoms with Crippen LogP contribution in [-0.2, 0) is 13.0 Å². The summed E-state index contributed by atoms with van der Waals surface area (Å²) in [5.74, 6) is 0.911. The van der Waals surface area contributed by atoms with Crippen LogP contribution in [0.2, 0.25) is 0 Å². The van der Waals surface area contributed by atoms with Gasteiger partial charge in [-0.05, 0) is 52.2 Å². The molecule has 0 atom stereocenters. The van der Waals surface area contributed by atoms with E-state index in [1.165, 1.54) is 10.4 Å². The Kier molecular flexibility index (Phi) is 8.96. The molecular formula is C15H20BrIN4S. The summed E-state index contributed by atoms with van der Waals surface area (Å²) < 4.78 is 1.16. The van der Waals surface area contributed by atoms with Gasteiger partial charge in [-0.3, -0.25) is 9.98 Å². The molecule has 4 nitrogen and oxygen atoms in total. The lowest BCUT2D eigenvalue weighted by molar-refractivity contribution is 0.482. The number of nitrogens with zero attached hydrogens (tertiary/aromatic N) is 3. The van der Waals surface area contributed by atoms with Crippen LogP contribution in [0, 0.1) is 0 Å². The Morgan fingerprint density at radius 2 is 2.05 bits per heavy atom. The second-order valence-corrected chi connectivity index (χ2v) is 7.19. The lowest BCUT2D eigenvalue weighted by Crippen LogP contribution is -2.39. The molecule has 0 fully saturated rings. The first-order valence-corrected chi connectivity index (χ1v) is 8.35. The minimum Gasteiger partial charge on any atom is -0.356 e. The summed E-state index contributed by atoms with van der Waals surface area (Å²) in [6.07, 6.45) is 4.61. The maximum Gasteiger partial charge on any atom is 0.193 e. The molecule has 0 aliphatic carbocycles. The van der Waals surface area contributed by atoms with Crippen LogP contribution in [0.5, 0.6) is 0 Å². The fourth-order valence-electron chi connectivity index (χ4n) is 2.00. The van der Waals surface area contributed by atoms with E-state index in [1.54, 1.807) is 11.3 Å². The molecule has 0 aliphatic heterocycles. The number of pyridine rings is 1. The van der Waals surface area contributed by atoms with Crippen LogP contribution in [0.1, 0.15) is 10.4 Å². The lowest BCUT2D eigenvalue weighted by atomic mass is 10.2. The van der Waals surface area contributed by atoms with Crippen LogP contribution < -0.4 is 5.32 Å². The summed E-state index contributed by atoms with van der Waals surface area (Å²) in [4.78, 5) is 11.8. The molecule has 2 aromatic rings. The summed E-state index contributed by atoms with van der Waals surface area (Å²) in [6, 6.07) is 8.29. The summed E-state index contributed by atoms with van der Waals surface area (Å²) in [7, 11) is 3.87. The zero-order valence-corrected chi connectivity index (χ0v) is 17.4. The van der Waals surface area contributed by atoms with Gasteiger partial charge in [0.25, 0.3) is 0 Å². The van der Waals surface area contributed by atoms with Gasteiger partial charge in [0.05, 0.1) is 10.3 Å². The first-order valence-electron chi connectivity index (χ1n) is 6.74. The number of nitrogens with one attached hydrogen (secondary N) is 1. The second kappa shape index (κ2) is 10.2. The average molecular weight is 495 g/mol. The Labute approximate surface area is 161 Å². The first-order chi connectivity index (χ1) is 10.2. The molecule has 0 spiro atoms. The van der Waals surface area contributed by atoms with Gasteiger partial charge in [-0.15, -0.1) is 35.3 Å². The maximum atomic E-state index is 4.33. The van der Waals surface area contributed by atoms with Gasteiger partial charge in [0.2, 0.25) is 0 Å². The number of halogens is 2. The molecule has 0 unspecified atom stereocenters. The molecule has 7 heteroatoms. The summed E-state index contributed by atoms with van der Waals surface area (Å²) in [6.45, 7) is 1.71. The molecule has 2 rings (SSSR count). The summed E-state index contributed by atoms with van der Waals surface area (Å²) in [5, 5.41) is 3.39. The van der Waals surface area contributed by atoms with Crippen molar-refractivity contribution in [2.45, 2.75) is 13.0 Å². The SMILES string of the molecule is CN=C(NCCc1ccncc1)N(C)Cc1ccc(Br)s1.I. The molecule has 0 radical (unpaired) electrons. The van der Waals surface area contributed by atoms with E-state index in [-0.39, 0.29) is 24.0 Å². The minimum absolute atomic E-state index is 0. The Hall–Kier alpha value is -0.670. The van der Waals surface area contributed by atoms with Crippen molar-refractivity contribution >= 4 is 57.2 Å². The van der Waals surface area contributed by atoms with Crippen molar-refractivity contribution in [1.82, 2.24) is 15.2 Å². The summed E-state index contributed by atoms with van der Waals surface area (Å²) >= 11 is 5.24. The van der Waals surface area contributed by atoms with Gasteiger partial charge in [0, 0.05) is 37.9 Å². The van der Waals surface area contributed by atoms with Crippen molar-refractivity contribution in [3.05, 3.63) is 50.9 Å². The molecule has 0 aromatic carbocycles. The summed E-state index contributed by atoms with van der Waals surface area (Å²) in [5.41, 5.74) is 1.28. The predicted octanol–water partition coefficient (Wildman–Crippen LogP) is 3.77. The maximum absolute atomic E-state index is 4.33. The highest BCUT2D eigenvalue weighted by molar-refractivity contribution is 14.0. The van der Waals surface area contributed by atoms with Crippen molar-refractivity contribution in [2.75, 3.05) is 20.6 Å². The van der Waals surface area contributed by atoms with Gasteiger partial charge < -0.3 is 10.2 Å². The van der Waals surface area contributed by atoms with Crippen LogP contribution in [0.25, 0.3) is 0 Å². The average Bonchev–Trinajstić information content (AvgIpc) is 2.89. The minimum atomic E-state index is 0. The molecule has 0 saturated carbocycles. The highest BCUT2D eigenvalue weighted by atomic mass is 127. The Morgan fingerprint density at radius 3 is 2.64 bits per heavy atom. The van der Waals surface area contributed by atoms with E-state index in [9.17, 15) is 0 Å². The third-order valence-electron chi connectivity index (χ3n) is 3.04. The quantitative estimate of drug-likeness (QED) is 0.390. The van der Waals surface area contributed by atoms with E-state index in [0.717, 1.165) is 29.3 Å². The number of hydrogen-bond acceptors (Lipinski definition) is 3. The standard InChI is InChI=1S/C15H19BrN4S.HI/c1-17-15(19-10-7-12-5-8-18-9-6-12)20(2)11-13-3-4-14(16)21-13;/h3-6,8-9H,7,10-11H2,1-2H3,(H,17,19);1H. The first kappa shape index (κ1) is 19.4. The Balaban J connectivity index is 0.00000242. The van der Waals surface area contributed by atoms with E-state index < -0.39 is 0 Å². The second-order valence-electron chi connectivity index (χ2n) is 4.64. The van der Waals surface area contributed by atoms with Crippen LogP contribution in [0.3, 0.4) is 0 Å². The molecule has 2 aromatic heterocycles. The fraction of sp³-hybridized carbons (Fsp3) is 0.333. The molecule has 0 bridgehead atoms. The third-order valence-corrected chi connectivity index (χ3v) is 4.65. The van der Waals surface area contributed by atoms with E-state index in [1.807, 2.05) is 31.6 Å². The number of aromatic nitrogens is 1. The fourth-order valence-corrected chi connectivity index (χ4v) is 3.53. The molecular weight excluding hydrogens is 475 g/mol. The normalized spacial score (nSPS) is 11.0. The number of guanidine groups is 1. The zero-order valence-electron chi connectivity index (χ0n) is 12.6. The molecule has 0 amide bonds. The van der Waals surface area contributed by atoms with E-state index >= 15 is 0 Å². The van der Waals surface area contributed by atoms with E-state index in [2.05, 4.69) is 55.3 Å². The van der Waals surface area contributed by atoms with Gasteiger partial charge in [-0.25, -0.2) is 0 Å². The Morgan fingerprint density at radius 1 is 1.32 bits per heavy atom. The van der Waals surface area contributed by atoms with E-state index in [0.29, 0.717) is 0 Å². The molecule has 1 N–H and O–H groups in total. The molecule has 120 valence electrons. The van der Waals surface area contributed by atoms with E-state index in [4.69, 9.17) is 0 Å². The smallest absolute Gasteiger partial charge is 0.193 e. The monoisotopic (exact) mass is 494 g/mol. The number of rotatable bonds is 5. The van der Waals surface area contributed by atoms with Crippen molar-refractivity contribution in [3.8, 4) is 0 Å². The van der Waals surface area contributed by atoms with Gasteiger partial charge in [0.1, 0.15) is 0 Å². The van der Waals surface area contributed by atoms with Crippen molar-refractivity contribution in [2.24, 2.45) is 4.99 Å². The van der Waals surface area contributed by atoms with Gasteiger partial charge in [-0.1, -0.05) is 0 Å².